The summed E-state index contributed by atoms with van der Waals surface area (Å²) in [5, 5.41) is 2.97. The van der Waals surface area contributed by atoms with Crippen LogP contribution in [0.25, 0.3) is 11.0 Å². The maximum atomic E-state index is 12.4. The van der Waals surface area contributed by atoms with Gasteiger partial charge in [0.15, 0.2) is 0 Å². The summed E-state index contributed by atoms with van der Waals surface area (Å²) in [5.41, 5.74) is 3.45. The van der Waals surface area contributed by atoms with Gasteiger partial charge in [-0.05, 0) is 62.2 Å². The van der Waals surface area contributed by atoms with Gasteiger partial charge in [-0.1, -0.05) is 25.1 Å². The number of hydrogen-bond acceptors (Lipinski definition) is 3. The Kier molecular flexibility index (Phi) is 5.44. The Morgan fingerprint density at radius 2 is 1.89 bits per heavy atom. The first-order valence-corrected chi connectivity index (χ1v) is 10.1. The summed E-state index contributed by atoms with van der Waals surface area (Å²) >= 11 is 0. The molecule has 4 rings (SSSR count). The van der Waals surface area contributed by atoms with Gasteiger partial charge in [-0.15, -0.1) is 0 Å². The molecule has 1 aliphatic heterocycles. The van der Waals surface area contributed by atoms with Crippen LogP contribution in [0.1, 0.15) is 35.9 Å². The predicted octanol–water partition coefficient (Wildman–Crippen LogP) is 4.10. The molecule has 146 valence electrons. The van der Waals surface area contributed by atoms with Gasteiger partial charge >= 0.3 is 0 Å². The second-order valence-electron chi connectivity index (χ2n) is 7.88. The number of hydrogen-bond donors (Lipinski definition) is 1. The zero-order chi connectivity index (χ0) is 19.5. The van der Waals surface area contributed by atoms with Crippen LogP contribution in [0.5, 0.6) is 0 Å². The Morgan fingerprint density at radius 3 is 2.64 bits per heavy atom. The van der Waals surface area contributed by atoms with Crippen molar-refractivity contribution >= 4 is 22.6 Å². The summed E-state index contributed by atoms with van der Waals surface area (Å²) < 4.78 is 2.17. The highest BCUT2D eigenvalue weighted by Crippen LogP contribution is 2.21. The Balaban J connectivity index is 1.45. The molecule has 1 amide bonds. The summed E-state index contributed by atoms with van der Waals surface area (Å²) in [6.45, 7) is 5.79. The van der Waals surface area contributed by atoms with Crippen LogP contribution < -0.4 is 5.32 Å². The van der Waals surface area contributed by atoms with Crippen LogP contribution in [0.3, 0.4) is 0 Å². The van der Waals surface area contributed by atoms with Crippen molar-refractivity contribution in [3.8, 4) is 0 Å². The summed E-state index contributed by atoms with van der Waals surface area (Å²) in [7, 11) is 2.07. The van der Waals surface area contributed by atoms with Crippen molar-refractivity contribution in [1.29, 1.82) is 0 Å². The number of aryl methyl sites for hydroxylation is 1. The standard InChI is InChI=1S/C23H28N4O/c1-17-10-13-27(14-11-17)15-12-22-25-20-16-19(8-9-21(20)26(22)2)24-23(28)18-6-4-3-5-7-18/h3-9,16-17H,10-15H2,1-2H3,(H,24,28). The molecule has 5 nitrogen and oxygen atoms in total. The zero-order valence-electron chi connectivity index (χ0n) is 16.7. The van der Waals surface area contributed by atoms with E-state index in [-0.39, 0.29) is 5.91 Å². The molecule has 1 saturated heterocycles. The van der Waals surface area contributed by atoms with E-state index in [4.69, 9.17) is 4.98 Å². The van der Waals surface area contributed by atoms with Gasteiger partial charge in [0.05, 0.1) is 11.0 Å². The van der Waals surface area contributed by atoms with Crippen molar-refractivity contribution in [3.05, 3.63) is 59.9 Å². The Morgan fingerprint density at radius 1 is 1.14 bits per heavy atom. The highest BCUT2D eigenvalue weighted by atomic mass is 16.1. The van der Waals surface area contributed by atoms with Gasteiger partial charge in [-0.3, -0.25) is 4.79 Å². The minimum atomic E-state index is -0.101. The lowest BCUT2D eigenvalue weighted by molar-refractivity contribution is 0.102. The van der Waals surface area contributed by atoms with Crippen molar-refractivity contribution in [3.63, 3.8) is 0 Å². The molecule has 0 saturated carbocycles. The molecule has 0 atom stereocenters. The molecule has 3 aromatic rings. The fourth-order valence-corrected chi connectivity index (χ4v) is 3.89. The summed E-state index contributed by atoms with van der Waals surface area (Å²) in [6.07, 6.45) is 3.55. The topological polar surface area (TPSA) is 50.2 Å². The third-order valence-electron chi connectivity index (χ3n) is 5.80. The lowest BCUT2D eigenvalue weighted by atomic mass is 9.99. The number of anilines is 1. The molecule has 1 aliphatic rings. The second-order valence-corrected chi connectivity index (χ2v) is 7.88. The predicted molar refractivity (Wildman–Crippen MR) is 114 cm³/mol. The van der Waals surface area contributed by atoms with Gasteiger partial charge in [0, 0.05) is 31.3 Å². The van der Waals surface area contributed by atoms with E-state index in [0.717, 1.165) is 41.4 Å². The minimum absolute atomic E-state index is 0.101. The van der Waals surface area contributed by atoms with Crippen LogP contribution in [0, 0.1) is 5.92 Å². The Labute approximate surface area is 166 Å². The molecule has 1 N–H and O–H groups in total. The minimum Gasteiger partial charge on any atom is -0.331 e. The maximum absolute atomic E-state index is 12.4. The molecule has 0 bridgehead atoms. The number of fused-ring (bicyclic) bond motifs is 1. The van der Waals surface area contributed by atoms with Crippen LogP contribution in [0.4, 0.5) is 5.69 Å². The molecule has 0 aliphatic carbocycles. The average Bonchev–Trinajstić information content (AvgIpc) is 3.03. The second kappa shape index (κ2) is 8.15. The molecule has 5 heteroatoms. The van der Waals surface area contributed by atoms with E-state index >= 15 is 0 Å². The van der Waals surface area contributed by atoms with E-state index in [1.807, 2.05) is 48.5 Å². The van der Waals surface area contributed by atoms with Crippen molar-refractivity contribution in [1.82, 2.24) is 14.5 Å². The lowest BCUT2D eigenvalue weighted by Gasteiger charge is -2.29. The first-order valence-electron chi connectivity index (χ1n) is 10.1. The highest BCUT2D eigenvalue weighted by Gasteiger charge is 2.17. The van der Waals surface area contributed by atoms with E-state index in [9.17, 15) is 4.79 Å². The van der Waals surface area contributed by atoms with Gasteiger partial charge < -0.3 is 14.8 Å². The maximum Gasteiger partial charge on any atom is 0.255 e. The highest BCUT2D eigenvalue weighted by molar-refractivity contribution is 6.04. The molecular weight excluding hydrogens is 348 g/mol. The number of benzene rings is 2. The molecule has 28 heavy (non-hydrogen) atoms. The molecule has 2 heterocycles. The number of imidazole rings is 1. The number of rotatable bonds is 5. The smallest absolute Gasteiger partial charge is 0.255 e. The van der Waals surface area contributed by atoms with Crippen molar-refractivity contribution < 1.29 is 4.79 Å². The number of carbonyl (C=O) groups is 1. The van der Waals surface area contributed by atoms with Gasteiger partial charge in [0.25, 0.3) is 5.91 Å². The SMILES string of the molecule is CC1CCN(CCc2nc3cc(NC(=O)c4ccccc4)ccc3n2C)CC1. The number of nitrogens with zero attached hydrogens (tertiary/aromatic N) is 3. The van der Waals surface area contributed by atoms with Crippen LogP contribution in [-0.2, 0) is 13.5 Å². The first-order chi connectivity index (χ1) is 13.6. The monoisotopic (exact) mass is 376 g/mol. The van der Waals surface area contributed by atoms with E-state index < -0.39 is 0 Å². The van der Waals surface area contributed by atoms with Crippen LogP contribution in [0.15, 0.2) is 48.5 Å². The number of amides is 1. The van der Waals surface area contributed by atoms with Crippen LogP contribution >= 0.6 is 0 Å². The van der Waals surface area contributed by atoms with Crippen molar-refractivity contribution in [2.75, 3.05) is 25.0 Å². The normalized spacial score (nSPS) is 15.8. The summed E-state index contributed by atoms with van der Waals surface area (Å²) in [6, 6.07) is 15.2. The molecule has 0 unspecified atom stereocenters. The molecule has 1 aromatic heterocycles. The van der Waals surface area contributed by atoms with Crippen molar-refractivity contribution in [2.45, 2.75) is 26.2 Å². The first kappa shape index (κ1) is 18.7. The zero-order valence-corrected chi connectivity index (χ0v) is 16.7. The largest absolute Gasteiger partial charge is 0.331 e. The van der Waals surface area contributed by atoms with Crippen LogP contribution in [-0.4, -0.2) is 40.0 Å². The molecule has 0 radical (unpaired) electrons. The fraction of sp³-hybridized carbons (Fsp3) is 0.391. The third kappa shape index (κ3) is 4.09. The van der Waals surface area contributed by atoms with Crippen LogP contribution in [0.2, 0.25) is 0 Å². The lowest BCUT2D eigenvalue weighted by Crippen LogP contribution is -2.34. The van der Waals surface area contributed by atoms with Gasteiger partial charge in [0.2, 0.25) is 0 Å². The summed E-state index contributed by atoms with van der Waals surface area (Å²) in [5.74, 6) is 1.85. The van der Waals surface area contributed by atoms with E-state index in [2.05, 4.69) is 28.8 Å². The van der Waals surface area contributed by atoms with E-state index in [0.29, 0.717) is 5.56 Å². The molecule has 0 spiro atoms. The Hall–Kier alpha value is -2.66. The average molecular weight is 377 g/mol. The van der Waals surface area contributed by atoms with Gasteiger partial charge in [0.1, 0.15) is 5.82 Å². The molecule has 2 aromatic carbocycles. The fourth-order valence-electron chi connectivity index (χ4n) is 3.89. The van der Waals surface area contributed by atoms with Gasteiger partial charge in [-0.25, -0.2) is 4.98 Å². The number of piperidine rings is 1. The number of likely N-dealkylation sites (tertiary alicyclic amines) is 1. The van der Waals surface area contributed by atoms with E-state index in [1.165, 1.54) is 25.9 Å². The number of aromatic nitrogens is 2. The number of carbonyl (C=O) groups excluding carboxylic acids is 1. The number of nitrogens with one attached hydrogen (secondary N) is 1. The molecule has 1 fully saturated rings. The van der Waals surface area contributed by atoms with Gasteiger partial charge in [-0.2, -0.15) is 0 Å². The Bertz CT molecular complexity index is 955. The van der Waals surface area contributed by atoms with E-state index in [1.54, 1.807) is 0 Å². The quantitative estimate of drug-likeness (QED) is 0.729. The third-order valence-corrected chi connectivity index (χ3v) is 5.80. The summed E-state index contributed by atoms with van der Waals surface area (Å²) in [4.78, 5) is 19.8. The molecular formula is C23H28N4O. The van der Waals surface area contributed by atoms with Crippen molar-refractivity contribution in [2.24, 2.45) is 13.0 Å².